The molecule has 0 N–H and O–H groups in total. The van der Waals surface area contributed by atoms with E-state index in [1.165, 1.54) is 0 Å². The number of aliphatic imine (C=N–C) groups is 1. The molecule has 0 amide bonds. The number of ether oxygens (including phenoxy) is 1. The van der Waals surface area contributed by atoms with Gasteiger partial charge in [0, 0.05) is 12.1 Å². The fourth-order valence-electron chi connectivity index (χ4n) is 1.80. The van der Waals surface area contributed by atoms with Gasteiger partial charge in [0.1, 0.15) is 5.75 Å². The Morgan fingerprint density at radius 3 is 2.44 bits per heavy atom. The SMILES string of the molecule is O=C=Nc1cc(Oc2c(F)cc(C(F)(F)F)cc2Cl)ccc1[N+](=O)[O-]. The lowest BCUT2D eigenvalue weighted by Crippen LogP contribution is -2.06. The normalized spacial score (nSPS) is 10.9. The summed E-state index contributed by atoms with van der Waals surface area (Å²) in [5, 5.41) is 10.1. The second-order valence-electron chi connectivity index (χ2n) is 4.48. The standard InChI is InChI=1S/C14H5ClF4N2O4/c15-9-3-7(14(17,18)19)4-10(16)13(9)25-8-1-2-12(21(23)24)11(5-8)20-6-22/h1-5H. The molecule has 0 unspecified atom stereocenters. The van der Waals surface area contributed by atoms with Crippen LogP contribution in [0.2, 0.25) is 5.02 Å². The van der Waals surface area contributed by atoms with Crippen LogP contribution in [0.4, 0.5) is 28.9 Å². The molecule has 0 radical (unpaired) electrons. The number of carbonyl (C=O) groups excluding carboxylic acids is 1. The highest BCUT2D eigenvalue weighted by atomic mass is 35.5. The van der Waals surface area contributed by atoms with E-state index in [1.807, 2.05) is 0 Å². The van der Waals surface area contributed by atoms with Crippen molar-refractivity contribution in [3.63, 3.8) is 0 Å². The zero-order valence-corrected chi connectivity index (χ0v) is 12.6. The molecule has 0 heterocycles. The molecule has 0 fully saturated rings. The summed E-state index contributed by atoms with van der Waals surface area (Å²) in [5.41, 5.74) is -2.28. The molecular formula is C14H5ClF4N2O4. The van der Waals surface area contributed by atoms with Gasteiger partial charge in [-0.25, -0.2) is 9.18 Å². The fraction of sp³-hybridized carbons (Fsp3) is 0.0714. The summed E-state index contributed by atoms with van der Waals surface area (Å²) in [6.45, 7) is 0. The Balaban J connectivity index is 2.45. The Morgan fingerprint density at radius 1 is 1.24 bits per heavy atom. The van der Waals surface area contributed by atoms with Crippen molar-refractivity contribution in [2.75, 3.05) is 0 Å². The zero-order valence-electron chi connectivity index (χ0n) is 11.8. The summed E-state index contributed by atoms with van der Waals surface area (Å²) < 4.78 is 56.7. The third kappa shape index (κ3) is 4.11. The van der Waals surface area contributed by atoms with E-state index in [-0.39, 0.29) is 11.8 Å². The van der Waals surface area contributed by atoms with Crippen LogP contribution in [0.25, 0.3) is 0 Å². The lowest BCUT2D eigenvalue weighted by molar-refractivity contribution is -0.384. The van der Waals surface area contributed by atoms with Crippen LogP contribution in [0.15, 0.2) is 35.3 Å². The van der Waals surface area contributed by atoms with Crippen LogP contribution in [-0.2, 0) is 11.0 Å². The molecule has 130 valence electrons. The highest BCUT2D eigenvalue weighted by Crippen LogP contribution is 2.40. The minimum atomic E-state index is -4.80. The predicted octanol–water partition coefficient (Wildman–Crippen LogP) is 5.17. The Hall–Kier alpha value is -2.97. The first kappa shape index (κ1) is 18.4. The molecular weight excluding hydrogens is 372 g/mol. The maximum absolute atomic E-state index is 13.9. The number of alkyl halides is 3. The number of halogens is 5. The number of isocyanates is 1. The van der Waals surface area contributed by atoms with E-state index in [9.17, 15) is 32.5 Å². The Bertz CT molecular complexity index is 872. The van der Waals surface area contributed by atoms with E-state index in [0.29, 0.717) is 6.07 Å². The van der Waals surface area contributed by atoms with Crippen LogP contribution < -0.4 is 4.74 Å². The van der Waals surface area contributed by atoms with Crippen LogP contribution in [-0.4, -0.2) is 11.0 Å². The first-order chi connectivity index (χ1) is 11.6. The number of benzene rings is 2. The summed E-state index contributed by atoms with van der Waals surface area (Å²) in [6.07, 6.45) is -3.70. The first-order valence-corrected chi connectivity index (χ1v) is 6.61. The molecule has 0 saturated heterocycles. The quantitative estimate of drug-likeness (QED) is 0.242. The van der Waals surface area contributed by atoms with Crippen molar-refractivity contribution >= 4 is 29.1 Å². The van der Waals surface area contributed by atoms with Crippen LogP contribution in [0.1, 0.15) is 5.56 Å². The average molecular weight is 377 g/mol. The molecule has 0 bridgehead atoms. The molecule has 2 rings (SSSR count). The van der Waals surface area contributed by atoms with Crippen LogP contribution in [0.5, 0.6) is 11.5 Å². The molecule has 25 heavy (non-hydrogen) atoms. The highest BCUT2D eigenvalue weighted by molar-refractivity contribution is 6.32. The van der Waals surface area contributed by atoms with Gasteiger partial charge in [0.15, 0.2) is 17.3 Å². The Morgan fingerprint density at radius 2 is 1.92 bits per heavy atom. The van der Waals surface area contributed by atoms with Crippen molar-refractivity contribution < 1.29 is 32.0 Å². The van der Waals surface area contributed by atoms with E-state index >= 15 is 0 Å². The van der Waals surface area contributed by atoms with Crippen LogP contribution >= 0.6 is 11.6 Å². The van der Waals surface area contributed by atoms with Gasteiger partial charge in [-0.1, -0.05) is 11.6 Å². The summed E-state index contributed by atoms with van der Waals surface area (Å²) in [6, 6.07) is 3.53. The number of nitrogens with zero attached hydrogens (tertiary/aromatic N) is 2. The lowest BCUT2D eigenvalue weighted by Gasteiger charge is -2.12. The van der Waals surface area contributed by atoms with Gasteiger partial charge < -0.3 is 4.74 Å². The summed E-state index contributed by atoms with van der Waals surface area (Å²) in [5.74, 6) is -2.34. The average Bonchev–Trinajstić information content (AvgIpc) is 2.50. The van der Waals surface area contributed by atoms with Crippen molar-refractivity contribution in [1.82, 2.24) is 0 Å². The van der Waals surface area contributed by atoms with Crippen LogP contribution in [0.3, 0.4) is 0 Å². The van der Waals surface area contributed by atoms with Crippen molar-refractivity contribution in [2.24, 2.45) is 4.99 Å². The molecule has 2 aromatic carbocycles. The van der Waals surface area contributed by atoms with Gasteiger partial charge in [-0.15, -0.1) is 0 Å². The van der Waals surface area contributed by atoms with E-state index in [0.717, 1.165) is 24.3 Å². The molecule has 6 nitrogen and oxygen atoms in total. The number of hydrogen-bond acceptors (Lipinski definition) is 5. The topological polar surface area (TPSA) is 81.8 Å². The predicted molar refractivity (Wildman–Crippen MR) is 77.4 cm³/mol. The van der Waals surface area contributed by atoms with Crippen molar-refractivity contribution in [1.29, 1.82) is 0 Å². The van der Waals surface area contributed by atoms with Crippen molar-refractivity contribution in [3.05, 3.63) is 56.8 Å². The van der Waals surface area contributed by atoms with Gasteiger partial charge in [0.25, 0.3) is 5.69 Å². The monoisotopic (exact) mass is 376 g/mol. The molecule has 2 aromatic rings. The number of rotatable bonds is 4. The number of nitro benzene ring substituents is 1. The second-order valence-corrected chi connectivity index (χ2v) is 4.89. The molecule has 0 aromatic heterocycles. The first-order valence-electron chi connectivity index (χ1n) is 6.24. The molecule has 0 aliphatic carbocycles. The zero-order chi connectivity index (χ0) is 18.8. The molecule has 0 spiro atoms. The third-order valence-electron chi connectivity index (χ3n) is 2.86. The minimum absolute atomic E-state index is 0.192. The largest absolute Gasteiger partial charge is 0.453 e. The van der Waals surface area contributed by atoms with Gasteiger partial charge >= 0.3 is 6.18 Å². The Kier molecular flexibility index (Phi) is 5.05. The lowest BCUT2D eigenvalue weighted by atomic mass is 10.2. The number of nitro groups is 1. The van der Waals surface area contributed by atoms with Crippen molar-refractivity contribution in [2.45, 2.75) is 6.18 Å². The third-order valence-corrected chi connectivity index (χ3v) is 3.14. The van der Waals surface area contributed by atoms with E-state index in [1.54, 1.807) is 0 Å². The smallest absolute Gasteiger partial charge is 0.416 e. The summed E-state index contributed by atoms with van der Waals surface area (Å²) in [4.78, 5) is 23.4. The van der Waals surface area contributed by atoms with Gasteiger partial charge in [0.2, 0.25) is 6.08 Å². The van der Waals surface area contributed by atoms with Gasteiger partial charge in [0.05, 0.1) is 15.5 Å². The van der Waals surface area contributed by atoms with Gasteiger partial charge in [-0.3, -0.25) is 10.1 Å². The Labute approximate surface area is 141 Å². The van der Waals surface area contributed by atoms with E-state index < -0.39 is 44.6 Å². The molecule has 0 aliphatic heterocycles. The van der Waals surface area contributed by atoms with Gasteiger partial charge in [-0.2, -0.15) is 18.2 Å². The summed E-state index contributed by atoms with van der Waals surface area (Å²) >= 11 is 5.61. The van der Waals surface area contributed by atoms with Crippen LogP contribution in [0, 0.1) is 15.9 Å². The molecule has 0 aliphatic rings. The minimum Gasteiger partial charge on any atom is -0.453 e. The maximum Gasteiger partial charge on any atom is 0.416 e. The molecule has 11 heteroatoms. The second kappa shape index (κ2) is 6.88. The maximum atomic E-state index is 13.9. The van der Waals surface area contributed by atoms with Crippen molar-refractivity contribution in [3.8, 4) is 11.5 Å². The number of hydrogen-bond donors (Lipinski definition) is 0. The fourth-order valence-corrected chi connectivity index (χ4v) is 2.05. The van der Waals surface area contributed by atoms with E-state index in [4.69, 9.17) is 16.3 Å². The van der Waals surface area contributed by atoms with Gasteiger partial charge in [-0.05, 0) is 18.2 Å². The summed E-state index contributed by atoms with van der Waals surface area (Å²) in [7, 11) is 0. The highest BCUT2D eigenvalue weighted by Gasteiger charge is 2.32. The molecule has 0 atom stereocenters. The molecule has 0 saturated carbocycles. The van der Waals surface area contributed by atoms with E-state index in [2.05, 4.69) is 4.99 Å².